The van der Waals surface area contributed by atoms with E-state index in [4.69, 9.17) is 0 Å². The van der Waals surface area contributed by atoms with Crippen molar-refractivity contribution in [2.75, 3.05) is 4.90 Å². The minimum atomic E-state index is 0.138. The van der Waals surface area contributed by atoms with E-state index in [1.54, 1.807) is 0 Å². The number of aromatic nitrogens is 1. The summed E-state index contributed by atoms with van der Waals surface area (Å²) in [7, 11) is 0. The van der Waals surface area contributed by atoms with E-state index >= 15 is 0 Å². The second-order valence-electron chi connectivity index (χ2n) is 15.1. The predicted octanol–water partition coefficient (Wildman–Crippen LogP) is 14.3. The van der Waals surface area contributed by atoms with E-state index < -0.39 is 0 Å². The summed E-state index contributed by atoms with van der Waals surface area (Å²) in [6, 6.07) is 62.5. The van der Waals surface area contributed by atoms with Crippen molar-refractivity contribution in [2.45, 2.75) is 25.3 Å². The van der Waals surface area contributed by atoms with Gasteiger partial charge in [0.1, 0.15) is 0 Å². The normalized spacial score (nSPS) is 15.1. The zero-order chi connectivity index (χ0) is 37.0. The van der Waals surface area contributed by atoms with Gasteiger partial charge in [-0.2, -0.15) is 0 Å². The van der Waals surface area contributed by atoms with Crippen molar-refractivity contribution in [3.8, 4) is 16.8 Å². The summed E-state index contributed by atoms with van der Waals surface area (Å²) in [6.45, 7) is 0. The highest BCUT2D eigenvalue weighted by Gasteiger charge is 2.23. The van der Waals surface area contributed by atoms with Gasteiger partial charge in [-0.3, -0.25) is 0 Å². The molecular weight excluding hydrogens is 677 g/mol. The molecule has 1 atom stereocenters. The Labute approximate surface area is 327 Å². The molecule has 0 radical (unpaired) electrons. The minimum Gasteiger partial charge on any atom is -0.334 e. The van der Waals surface area contributed by atoms with Gasteiger partial charge in [0.15, 0.2) is 0 Å². The van der Waals surface area contributed by atoms with Crippen LogP contribution in [0.5, 0.6) is 0 Å². The molecule has 0 bridgehead atoms. The smallest absolute Gasteiger partial charge is 0.0560 e. The fraction of sp³-hybridized carbons (Fsp3) is 0.0741. The molecule has 1 unspecified atom stereocenters. The Morgan fingerprint density at radius 1 is 0.536 bits per heavy atom. The van der Waals surface area contributed by atoms with Crippen LogP contribution < -0.4 is 4.90 Å². The molecule has 0 amide bonds. The SMILES string of the molecule is C1=Cc2cc(C3=CCC(N(c4ccc(-n5c6ccccc6c6c7ccccc7ccc65)cc4)c4cccc(-c5ccccc5)c4)C=C3)c3ccccc3c2CC1. The first-order chi connectivity index (χ1) is 27.8. The quantitative estimate of drug-likeness (QED) is 0.166. The number of nitrogens with zero attached hydrogens (tertiary/aromatic N) is 2. The summed E-state index contributed by atoms with van der Waals surface area (Å²) in [5, 5.41) is 7.87. The summed E-state index contributed by atoms with van der Waals surface area (Å²) >= 11 is 0. The second-order valence-corrected chi connectivity index (χ2v) is 15.1. The first-order valence-corrected chi connectivity index (χ1v) is 19.8. The molecule has 1 heterocycles. The molecule has 2 nitrogen and oxygen atoms in total. The highest BCUT2D eigenvalue weighted by Crippen LogP contribution is 2.41. The Morgan fingerprint density at radius 2 is 1.29 bits per heavy atom. The number of rotatable bonds is 6. The lowest BCUT2D eigenvalue weighted by Gasteiger charge is -2.34. The van der Waals surface area contributed by atoms with Crippen LogP contribution in [0, 0.1) is 0 Å². The van der Waals surface area contributed by atoms with Crippen LogP contribution in [0.1, 0.15) is 29.5 Å². The number of hydrogen-bond donors (Lipinski definition) is 0. The third-order valence-corrected chi connectivity index (χ3v) is 11.9. The van der Waals surface area contributed by atoms with Gasteiger partial charge in [-0.15, -0.1) is 0 Å². The number of para-hydroxylation sites is 1. The maximum absolute atomic E-state index is 2.52. The average molecular weight is 717 g/mol. The van der Waals surface area contributed by atoms with Crippen LogP contribution in [-0.2, 0) is 6.42 Å². The van der Waals surface area contributed by atoms with E-state index in [0.29, 0.717) is 0 Å². The maximum atomic E-state index is 2.52. The fourth-order valence-electron chi connectivity index (χ4n) is 9.34. The fourth-order valence-corrected chi connectivity index (χ4v) is 9.34. The van der Waals surface area contributed by atoms with Gasteiger partial charge in [0.25, 0.3) is 0 Å². The highest BCUT2D eigenvalue weighted by molar-refractivity contribution is 6.21. The van der Waals surface area contributed by atoms with Crippen molar-refractivity contribution < 1.29 is 0 Å². The van der Waals surface area contributed by atoms with Gasteiger partial charge in [-0.25, -0.2) is 0 Å². The first kappa shape index (κ1) is 32.5. The van der Waals surface area contributed by atoms with Gasteiger partial charge in [-0.1, -0.05) is 146 Å². The van der Waals surface area contributed by atoms with Crippen molar-refractivity contribution in [3.63, 3.8) is 0 Å². The van der Waals surface area contributed by atoms with Crippen LogP contribution in [0.25, 0.3) is 71.8 Å². The molecule has 0 saturated heterocycles. The summed E-state index contributed by atoms with van der Waals surface area (Å²) in [6.07, 6.45) is 15.0. The van der Waals surface area contributed by atoms with E-state index in [9.17, 15) is 0 Å². The maximum Gasteiger partial charge on any atom is 0.0560 e. The lowest BCUT2D eigenvalue weighted by atomic mass is 9.85. The largest absolute Gasteiger partial charge is 0.334 e. The molecule has 2 heteroatoms. The number of anilines is 2. The molecule has 56 heavy (non-hydrogen) atoms. The van der Waals surface area contributed by atoms with Crippen LogP contribution in [0.4, 0.5) is 11.4 Å². The number of allylic oxidation sites excluding steroid dienone is 3. The van der Waals surface area contributed by atoms with Gasteiger partial charge >= 0.3 is 0 Å². The van der Waals surface area contributed by atoms with Crippen molar-refractivity contribution in [2.24, 2.45) is 0 Å². The molecule has 1 aromatic heterocycles. The van der Waals surface area contributed by atoms with Crippen molar-refractivity contribution in [1.29, 1.82) is 0 Å². The Balaban J connectivity index is 1.01. The van der Waals surface area contributed by atoms with Gasteiger partial charge < -0.3 is 9.47 Å². The van der Waals surface area contributed by atoms with Gasteiger partial charge in [0.2, 0.25) is 0 Å². The van der Waals surface area contributed by atoms with Crippen molar-refractivity contribution in [1.82, 2.24) is 4.57 Å². The summed E-state index contributed by atoms with van der Waals surface area (Å²) in [5.41, 5.74) is 13.8. The first-order valence-electron chi connectivity index (χ1n) is 19.8. The molecule has 266 valence electrons. The van der Waals surface area contributed by atoms with Crippen LogP contribution >= 0.6 is 0 Å². The Bertz CT molecular complexity index is 3050. The third kappa shape index (κ3) is 5.40. The minimum absolute atomic E-state index is 0.138. The molecule has 11 rings (SSSR count). The van der Waals surface area contributed by atoms with E-state index in [0.717, 1.165) is 24.9 Å². The number of benzene rings is 8. The van der Waals surface area contributed by atoms with Gasteiger partial charge in [0.05, 0.1) is 17.1 Å². The molecule has 9 aromatic rings. The molecule has 2 aliphatic rings. The number of aryl methyl sites for hydroxylation is 1. The summed E-state index contributed by atoms with van der Waals surface area (Å²) in [5.74, 6) is 0. The second kappa shape index (κ2) is 13.4. The van der Waals surface area contributed by atoms with Crippen molar-refractivity contribution in [3.05, 3.63) is 211 Å². The molecule has 0 N–H and O–H groups in total. The summed E-state index contributed by atoms with van der Waals surface area (Å²) in [4.78, 5) is 2.52. The Kier molecular flexibility index (Phi) is 7.81. The molecule has 0 aliphatic heterocycles. The third-order valence-electron chi connectivity index (χ3n) is 11.9. The van der Waals surface area contributed by atoms with Crippen LogP contribution in [-0.4, -0.2) is 10.6 Å². The molecule has 8 aromatic carbocycles. The molecule has 0 spiro atoms. The van der Waals surface area contributed by atoms with E-state index in [-0.39, 0.29) is 6.04 Å². The van der Waals surface area contributed by atoms with Crippen LogP contribution in [0.15, 0.2) is 194 Å². The summed E-state index contributed by atoms with van der Waals surface area (Å²) < 4.78 is 2.43. The standard InChI is InChI=1S/C54H40N2/c1-2-13-37(14-3-1)40-17-12-18-45(35-40)55(42-28-25-39(26-29-42)51-36-41-16-5-6-19-46(41)48-21-8-9-22-49(48)51)43-30-32-44(33-31-43)56-52-24-11-10-23-50(52)54-47-20-7-4-15-38(47)27-34-53(54)56/h1-5,7-18,20-28,30-36,42H,6,19,29H2. The van der Waals surface area contributed by atoms with Gasteiger partial charge in [-0.05, 0) is 129 Å². The van der Waals surface area contributed by atoms with Crippen LogP contribution in [0.3, 0.4) is 0 Å². The van der Waals surface area contributed by atoms with Gasteiger partial charge in [0, 0.05) is 27.8 Å². The molecule has 2 aliphatic carbocycles. The highest BCUT2D eigenvalue weighted by atomic mass is 15.2. The zero-order valence-electron chi connectivity index (χ0n) is 31.1. The lowest BCUT2D eigenvalue weighted by Crippen LogP contribution is -2.30. The molecule has 0 fully saturated rings. The number of hydrogen-bond acceptors (Lipinski definition) is 1. The zero-order valence-corrected chi connectivity index (χ0v) is 31.1. The lowest BCUT2D eigenvalue weighted by molar-refractivity contribution is 0.787. The number of fused-ring (bicyclic) bond motifs is 8. The van der Waals surface area contributed by atoms with Crippen LogP contribution in [0.2, 0.25) is 0 Å². The van der Waals surface area contributed by atoms with E-state index in [2.05, 4.69) is 210 Å². The van der Waals surface area contributed by atoms with Crippen molar-refractivity contribution >= 4 is 66.4 Å². The average Bonchev–Trinajstić information content (AvgIpc) is 3.62. The molecule has 0 saturated carbocycles. The van der Waals surface area contributed by atoms with E-state index in [1.165, 1.54) is 88.1 Å². The Hall–Kier alpha value is -6.90. The van der Waals surface area contributed by atoms with E-state index in [1.807, 2.05) is 0 Å². The monoisotopic (exact) mass is 716 g/mol. The predicted molar refractivity (Wildman–Crippen MR) is 239 cm³/mol. The molecular formula is C54H40N2. The topological polar surface area (TPSA) is 8.17 Å². The Morgan fingerprint density at radius 3 is 2.12 bits per heavy atom.